The van der Waals surface area contributed by atoms with Crippen molar-refractivity contribution in [3.8, 4) is 0 Å². The predicted octanol–water partition coefficient (Wildman–Crippen LogP) is 1.74. The average molecular weight is 315 g/mol. The molecule has 2 aromatic rings. The van der Waals surface area contributed by atoms with Crippen molar-refractivity contribution in [1.82, 2.24) is 5.32 Å². The van der Waals surface area contributed by atoms with Crippen molar-refractivity contribution in [2.45, 2.75) is 18.0 Å². The fourth-order valence-electron chi connectivity index (χ4n) is 2.10. The third-order valence-corrected chi connectivity index (χ3v) is 4.20. The maximum atomic E-state index is 11.9. The van der Waals surface area contributed by atoms with Gasteiger partial charge in [-0.15, -0.1) is 11.8 Å². The Labute approximate surface area is 136 Å². The van der Waals surface area contributed by atoms with E-state index in [2.05, 4.69) is 43.7 Å². The zero-order chi connectivity index (χ0) is 15.8. The molecular weight excluding hydrogens is 292 g/mol. The third kappa shape index (κ3) is 5.92. The van der Waals surface area contributed by atoms with E-state index < -0.39 is 0 Å². The summed E-state index contributed by atoms with van der Waals surface area (Å²) in [6, 6.07) is 18.4. The molecule has 1 amide bonds. The fourth-order valence-corrected chi connectivity index (χ4v) is 2.85. The highest BCUT2D eigenvalue weighted by atomic mass is 32.2. The van der Waals surface area contributed by atoms with Gasteiger partial charge in [0.1, 0.15) is 6.54 Å². The number of benzene rings is 2. The average Bonchev–Trinajstić information content (AvgIpc) is 2.53. The molecule has 22 heavy (non-hydrogen) atoms. The molecule has 0 aliphatic rings. The van der Waals surface area contributed by atoms with Crippen molar-refractivity contribution in [3.63, 3.8) is 0 Å². The molecule has 0 aliphatic heterocycles. The van der Waals surface area contributed by atoms with Gasteiger partial charge in [-0.3, -0.25) is 4.79 Å². The van der Waals surface area contributed by atoms with Crippen molar-refractivity contribution in [2.75, 3.05) is 19.8 Å². The molecule has 3 nitrogen and oxygen atoms in total. The normalized spacial score (nSPS) is 10.7. The van der Waals surface area contributed by atoms with Gasteiger partial charge < -0.3 is 10.2 Å². The molecule has 0 bridgehead atoms. The van der Waals surface area contributed by atoms with Crippen LogP contribution >= 0.6 is 11.8 Å². The second-order valence-corrected chi connectivity index (χ2v) is 6.63. The van der Waals surface area contributed by atoms with Gasteiger partial charge in [-0.2, -0.15) is 0 Å². The van der Waals surface area contributed by atoms with E-state index in [0.29, 0.717) is 12.3 Å². The summed E-state index contributed by atoms with van der Waals surface area (Å²) in [7, 11) is 4.27. The minimum Gasteiger partial charge on any atom is -0.351 e. The molecule has 0 heterocycles. The number of carbonyl (C=O) groups is 1. The van der Waals surface area contributed by atoms with Crippen LogP contribution in [-0.4, -0.2) is 25.8 Å². The Morgan fingerprint density at radius 3 is 2.27 bits per heavy atom. The molecule has 0 fully saturated rings. The quantitative estimate of drug-likeness (QED) is 0.763. The molecule has 0 aromatic heterocycles. The van der Waals surface area contributed by atoms with Crippen molar-refractivity contribution in [3.05, 3.63) is 65.7 Å². The van der Waals surface area contributed by atoms with Crippen LogP contribution in [0.25, 0.3) is 0 Å². The summed E-state index contributed by atoms with van der Waals surface area (Å²) in [5, 5.41) is 2.96. The van der Waals surface area contributed by atoms with E-state index in [-0.39, 0.29) is 5.91 Å². The van der Waals surface area contributed by atoms with E-state index in [4.69, 9.17) is 0 Å². The van der Waals surface area contributed by atoms with Crippen LogP contribution in [0.5, 0.6) is 0 Å². The van der Waals surface area contributed by atoms with Gasteiger partial charge in [0.2, 0.25) is 5.91 Å². The SMILES string of the molecule is C[NH+](C)Cc1ccc(CNC(=O)CSc2ccccc2)cc1. The topological polar surface area (TPSA) is 33.5 Å². The zero-order valence-corrected chi connectivity index (χ0v) is 14.0. The van der Waals surface area contributed by atoms with E-state index in [1.54, 1.807) is 11.8 Å². The van der Waals surface area contributed by atoms with Crippen LogP contribution in [-0.2, 0) is 17.9 Å². The Bertz CT molecular complexity index is 582. The van der Waals surface area contributed by atoms with Crippen LogP contribution in [0.15, 0.2) is 59.5 Å². The molecule has 2 rings (SSSR count). The standard InChI is InChI=1S/C18H22N2OS/c1-20(2)13-16-10-8-15(9-11-16)12-19-18(21)14-22-17-6-4-3-5-7-17/h3-11H,12-14H2,1-2H3,(H,19,21)/p+1. The monoisotopic (exact) mass is 315 g/mol. The summed E-state index contributed by atoms with van der Waals surface area (Å²) in [4.78, 5) is 14.4. The summed E-state index contributed by atoms with van der Waals surface area (Å²) in [5.41, 5.74) is 2.45. The molecule has 0 unspecified atom stereocenters. The predicted molar refractivity (Wildman–Crippen MR) is 92.0 cm³/mol. The second-order valence-electron chi connectivity index (χ2n) is 5.58. The first kappa shape index (κ1) is 16.6. The lowest BCUT2D eigenvalue weighted by Gasteiger charge is -2.09. The first-order valence-electron chi connectivity index (χ1n) is 7.45. The van der Waals surface area contributed by atoms with Crippen LogP contribution in [0.2, 0.25) is 0 Å². The number of thioether (sulfide) groups is 1. The fraction of sp³-hybridized carbons (Fsp3) is 0.278. The lowest BCUT2D eigenvalue weighted by molar-refractivity contribution is -0.872. The van der Waals surface area contributed by atoms with Crippen LogP contribution in [0.3, 0.4) is 0 Å². The van der Waals surface area contributed by atoms with E-state index in [9.17, 15) is 4.79 Å². The van der Waals surface area contributed by atoms with Crippen LogP contribution < -0.4 is 10.2 Å². The highest BCUT2D eigenvalue weighted by molar-refractivity contribution is 8.00. The maximum absolute atomic E-state index is 11.9. The molecule has 0 saturated carbocycles. The minimum absolute atomic E-state index is 0.0654. The first-order chi connectivity index (χ1) is 10.6. The summed E-state index contributed by atoms with van der Waals surface area (Å²) < 4.78 is 0. The largest absolute Gasteiger partial charge is 0.351 e. The van der Waals surface area contributed by atoms with Crippen molar-refractivity contribution in [2.24, 2.45) is 0 Å². The smallest absolute Gasteiger partial charge is 0.230 e. The lowest BCUT2D eigenvalue weighted by Crippen LogP contribution is -3.04. The number of quaternary nitrogens is 1. The van der Waals surface area contributed by atoms with Crippen molar-refractivity contribution >= 4 is 17.7 Å². The number of carbonyl (C=O) groups excluding carboxylic acids is 1. The van der Waals surface area contributed by atoms with Gasteiger partial charge in [0.25, 0.3) is 0 Å². The Morgan fingerprint density at radius 2 is 1.64 bits per heavy atom. The summed E-state index contributed by atoms with van der Waals surface area (Å²) in [6.45, 7) is 1.60. The highest BCUT2D eigenvalue weighted by Crippen LogP contribution is 2.16. The zero-order valence-electron chi connectivity index (χ0n) is 13.1. The molecule has 4 heteroatoms. The Kier molecular flexibility index (Phi) is 6.49. The van der Waals surface area contributed by atoms with Crippen molar-refractivity contribution < 1.29 is 9.69 Å². The summed E-state index contributed by atoms with van der Waals surface area (Å²) in [5.74, 6) is 0.516. The van der Waals surface area contributed by atoms with E-state index >= 15 is 0 Å². The number of hydrogen-bond acceptors (Lipinski definition) is 2. The lowest BCUT2D eigenvalue weighted by atomic mass is 10.1. The number of nitrogens with one attached hydrogen (secondary N) is 2. The Balaban J connectivity index is 1.74. The van der Waals surface area contributed by atoms with E-state index in [1.165, 1.54) is 10.5 Å². The summed E-state index contributed by atoms with van der Waals surface area (Å²) >= 11 is 1.56. The van der Waals surface area contributed by atoms with E-state index in [1.807, 2.05) is 30.3 Å². The second kappa shape index (κ2) is 8.61. The van der Waals surface area contributed by atoms with Gasteiger partial charge in [-0.1, -0.05) is 42.5 Å². The highest BCUT2D eigenvalue weighted by Gasteiger charge is 2.03. The summed E-state index contributed by atoms with van der Waals surface area (Å²) in [6.07, 6.45) is 0. The first-order valence-corrected chi connectivity index (χ1v) is 8.43. The van der Waals surface area contributed by atoms with Gasteiger partial charge in [-0.05, 0) is 17.7 Å². The van der Waals surface area contributed by atoms with Crippen molar-refractivity contribution in [1.29, 1.82) is 0 Å². The van der Waals surface area contributed by atoms with Gasteiger partial charge >= 0.3 is 0 Å². The molecule has 0 saturated heterocycles. The minimum atomic E-state index is 0.0654. The van der Waals surface area contributed by atoms with Crippen LogP contribution in [0.4, 0.5) is 0 Å². The maximum Gasteiger partial charge on any atom is 0.230 e. The van der Waals surface area contributed by atoms with Gasteiger partial charge in [0.05, 0.1) is 19.8 Å². The Hall–Kier alpha value is -1.78. The van der Waals surface area contributed by atoms with Gasteiger partial charge in [0.15, 0.2) is 0 Å². The molecule has 0 spiro atoms. The molecule has 2 aromatic carbocycles. The van der Waals surface area contributed by atoms with Gasteiger partial charge in [0, 0.05) is 17.0 Å². The molecule has 0 radical (unpaired) electrons. The van der Waals surface area contributed by atoms with Crippen LogP contribution in [0.1, 0.15) is 11.1 Å². The van der Waals surface area contributed by atoms with Crippen LogP contribution in [0, 0.1) is 0 Å². The van der Waals surface area contributed by atoms with Gasteiger partial charge in [-0.25, -0.2) is 0 Å². The molecule has 0 aliphatic carbocycles. The third-order valence-electron chi connectivity index (χ3n) is 3.18. The Morgan fingerprint density at radius 1 is 1.00 bits per heavy atom. The molecule has 116 valence electrons. The molecular formula is C18H23N2OS+. The molecule has 2 N–H and O–H groups in total. The molecule has 0 atom stereocenters. The number of hydrogen-bond donors (Lipinski definition) is 2. The number of rotatable bonds is 7. The van der Waals surface area contributed by atoms with E-state index in [0.717, 1.165) is 17.0 Å². The number of amides is 1.